The number of hydrogen-bond acceptors (Lipinski definition) is 4. The number of carboxylic acid groups (broad SMARTS) is 1. The van der Waals surface area contributed by atoms with Crippen molar-refractivity contribution < 1.29 is 19.2 Å². The van der Waals surface area contributed by atoms with Gasteiger partial charge in [-0.25, -0.2) is 0 Å². The van der Waals surface area contributed by atoms with E-state index in [1.54, 1.807) is 0 Å². The first-order chi connectivity index (χ1) is 11.6. The molecule has 1 unspecified atom stereocenters. The average Bonchev–Trinajstić information content (AvgIpc) is 2.98. The van der Waals surface area contributed by atoms with Gasteiger partial charge in [-0.15, -0.1) is 0 Å². The first-order valence-corrected chi connectivity index (χ1v) is 8.12. The molecule has 0 saturated heterocycles. The summed E-state index contributed by atoms with van der Waals surface area (Å²) in [4.78, 5) is 23.8. The van der Waals surface area contributed by atoms with Crippen LogP contribution >= 0.6 is 0 Å². The van der Waals surface area contributed by atoms with E-state index in [9.17, 15) is 14.7 Å². The molecule has 126 valence electrons. The largest absolute Gasteiger partial charge is 0.481 e. The van der Waals surface area contributed by atoms with E-state index in [0.717, 1.165) is 48.1 Å². The van der Waals surface area contributed by atoms with Gasteiger partial charge in [0.2, 0.25) is 0 Å². The van der Waals surface area contributed by atoms with E-state index in [4.69, 9.17) is 4.52 Å². The lowest BCUT2D eigenvalue weighted by atomic mass is 9.95. The summed E-state index contributed by atoms with van der Waals surface area (Å²) in [5.41, 5.74) is 2.88. The topological polar surface area (TPSA) is 92.4 Å². The second-order valence-electron chi connectivity index (χ2n) is 6.12. The van der Waals surface area contributed by atoms with Crippen LogP contribution < -0.4 is 5.32 Å². The van der Waals surface area contributed by atoms with Crippen LogP contribution in [0, 0.1) is 6.92 Å². The molecule has 24 heavy (non-hydrogen) atoms. The molecule has 1 heterocycles. The number of carbonyl (C=O) groups is 2. The zero-order valence-electron chi connectivity index (χ0n) is 13.5. The van der Waals surface area contributed by atoms with Crippen molar-refractivity contribution in [2.75, 3.05) is 0 Å². The third-order valence-electron chi connectivity index (χ3n) is 4.41. The molecular formula is C18H20N2O4. The average molecular weight is 328 g/mol. The van der Waals surface area contributed by atoms with Crippen molar-refractivity contribution in [3.8, 4) is 0 Å². The number of hydrogen-bond donors (Lipinski definition) is 2. The Morgan fingerprint density at radius 2 is 2.04 bits per heavy atom. The lowest BCUT2D eigenvalue weighted by Crippen LogP contribution is -2.31. The van der Waals surface area contributed by atoms with Crippen LogP contribution in [0.2, 0.25) is 0 Å². The van der Waals surface area contributed by atoms with Crippen LogP contribution in [-0.4, -0.2) is 22.1 Å². The smallest absolute Gasteiger partial charge is 0.305 e. The molecule has 1 aromatic heterocycles. The van der Waals surface area contributed by atoms with Gasteiger partial charge in [0.05, 0.1) is 12.5 Å². The molecule has 0 radical (unpaired) electrons. The number of aliphatic carboxylic acids is 1. The number of fused-ring (bicyclic) bond motifs is 1. The lowest BCUT2D eigenvalue weighted by molar-refractivity contribution is -0.137. The molecule has 0 saturated carbocycles. The van der Waals surface area contributed by atoms with E-state index in [1.165, 1.54) is 0 Å². The minimum absolute atomic E-state index is 0.184. The summed E-state index contributed by atoms with van der Waals surface area (Å²) in [5.74, 6) is -0.570. The summed E-state index contributed by atoms with van der Waals surface area (Å²) in [6.45, 7) is 1.90. The van der Waals surface area contributed by atoms with Crippen molar-refractivity contribution in [3.63, 3.8) is 0 Å². The second kappa shape index (κ2) is 6.86. The Labute approximate surface area is 139 Å². The maximum absolute atomic E-state index is 12.6. The third-order valence-corrected chi connectivity index (χ3v) is 4.41. The molecular weight excluding hydrogens is 308 g/mol. The van der Waals surface area contributed by atoms with Crippen molar-refractivity contribution in [2.24, 2.45) is 0 Å². The monoisotopic (exact) mass is 328 g/mol. The van der Waals surface area contributed by atoms with Gasteiger partial charge in [0.25, 0.3) is 5.91 Å². The van der Waals surface area contributed by atoms with Crippen LogP contribution in [-0.2, 0) is 17.6 Å². The maximum atomic E-state index is 12.6. The highest BCUT2D eigenvalue weighted by Crippen LogP contribution is 2.26. The fourth-order valence-corrected chi connectivity index (χ4v) is 3.18. The summed E-state index contributed by atoms with van der Waals surface area (Å²) < 4.78 is 5.27. The summed E-state index contributed by atoms with van der Waals surface area (Å²) in [5, 5.41) is 15.9. The highest BCUT2D eigenvalue weighted by atomic mass is 16.5. The Bertz CT molecular complexity index is 766. The van der Waals surface area contributed by atoms with Gasteiger partial charge in [-0.2, -0.15) is 0 Å². The predicted octanol–water partition coefficient (Wildman–Crippen LogP) is 2.81. The zero-order chi connectivity index (χ0) is 17.1. The lowest BCUT2D eigenvalue weighted by Gasteiger charge is -2.19. The van der Waals surface area contributed by atoms with Crippen LogP contribution in [0.5, 0.6) is 0 Å². The molecule has 1 aliphatic rings. The van der Waals surface area contributed by atoms with Gasteiger partial charge in [-0.05, 0) is 37.3 Å². The van der Waals surface area contributed by atoms with E-state index in [-0.39, 0.29) is 18.0 Å². The number of benzene rings is 1. The molecule has 6 nitrogen and oxygen atoms in total. The minimum Gasteiger partial charge on any atom is -0.481 e. The minimum atomic E-state index is -0.967. The van der Waals surface area contributed by atoms with Crippen LogP contribution in [0.3, 0.4) is 0 Å². The van der Waals surface area contributed by atoms with Crippen molar-refractivity contribution in [1.82, 2.24) is 10.5 Å². The quantitative estimate of drug-likeness (QED) is 0.880. The van der Waals surface area contributed by atoms with Gasteiger partial charge in [0.15, 0.2) is 5.69 Å². The van der Waals surface area contributed by atoms with E-state index in [2.05, 4.69) is 10.5 Å². The van der Waals surface area contributed by atoms with Crippen LogP contribution in [0.4, 0.5) is 0 Å². The number of carbonyl (C=O) groups excluding carboxylic acids is 1. The molecule has 3 rings (SSSR count). The van der Waals surface area contributed by atoms with Gasteiger partial charge in [0.1, 0.15) is 5.76 Å². The van der Waals surface area contributed by atoms with Gasteiger partial charge in [-0.3, -0.25) is 9.59 Å². The molecule has 2 aromatic rings. The predicted molar refractivity (Wildman–Crippen MR) is 86.8 cm³/mol. The Balaban J connectivity index is 1.85. The Hall–Kier alpha value is -2.63. The van der Waals surface area contributed by atoms with Crippen molar-refractivity contribution in [2.45, 2.75) is 45.1 Å². The molecule has 6 heteroatoms. The number of nitrogens with zero attached hydrogens (tertiary/aromatic N) is 1. The van der Waals surface area contributed by atoms with E-state index >= 15 is 0 Å². The highest BCUT2D eigenvalue weighted by molar-refractivity contribution is 5.94. The van der Waals surface area contributed by atoms with Gasteiger partial charge in [0, 0.05) is 12.0 Å². The molecule has 0 aliphatic heterocycles. The second-order valence-corrected chi connectivity index (χ2v) is 6.12. The number of rotatable bonds is 5. The summed E-state index contributed by atoms with van der Waals surface area (Å²) in [7, 11) is 0. The molecule has 1 amide bonds. The number of amides is 1. The molecule has 0 spiro atoms. The van der Waals surface area contributed by atoms with Gasteiger partial charge < -0.3 is 14.9 Å². The maximum Gasteiger partial charge on any atom is 0.305 e. The first-order valence-electron chi connectivity index (χ1n) is 8.12. The zero-order valence-corrected chi connectivity index (χ0v) is 13.5. The molecule has 1 aliphatic carbocycles. The molecule has 2 N–H and O–H groups in total. The Morgan fingerprint density at radius 3 is 2.79 bits per heavy atom. The van der Waals surface area contributed by atoms with Crippen LogP contribution in [0.15, 0.2) is 28.8 Å². The molecule has 0 fully saturated rings. The van der Waals surface area contributed by atoms with Gasteiger partial charge >= 0.3 is 5.97 Å². The molecule has 1 atom stereocenters. The van der Waals surface area contributed by atoms with E-state index in [1.807, 2.05) is 31.2 Å². The molecule has 1 aromatic carbocycles. The van der Waals surface area contributed by atoms with Crippen molar-refractivity contribution in [3.05, 3.63) is 52.4 Å². The number of aromatic nitrogens is 1. The summed E-state index contributed by atoms with van der Waals surface area (Å²) >= 11 is 0. The summed E-state index contributed by atoms with van der Waals surface area (Å²) in [6.07, 6.45) is 3.43. The Kier molecular flexibility index (Phi) is 4.64. The van der Waals surface area contributed by atoms with Crippen LogP contribution in [0.25, 0.3) is 0 Å². The normalized spacial score (nSPS) is 14.7. The van der Waals surface area contributed by atoms with E-state index in [0.29, 0.717) is 0 Å². The summed E-state index contributed by atoms with van der Waals surface area (Å²) in [6, 6.07) is 6.84. The number of carboxylic acids is 1. The van der Waals surface area contributed by atoms with E-state index < -0.39 is 12.0 Å². The van der Waals surface area contributed by atoms with Gasteiger partial charge in [-0.1, -0.05) is 29.4 Å². The third kappa shape index (κ3) is 3.32. The Morgan fingerprint density at radius 1 is 1.29 bits per heavy atom. The number of aryl methyl sites for hydroxylation is 2. The fraction of sp³-hybridized carbons (Fsp3) is 0.389. The molecule has 0 bridgehead atoms. The SMILES string of the molecule is Cc1ccccc1C(CC(=O)O)NC(=O)c1noc2c1CCCC2. The number of nitrogens with one attached hydrogen (secondary N) is 1. The van der Waals surface area contributed by atoms with Crippen molar-refractivity contribution in [1.29, 1.82) is 0 Å². The standard InChI is InChI=1S/C18H20N2O4/c1-11-6-2-3-7-12(11)14(10-16(21)22)19-18(23)17-13-8-4-5-9-15(13)24-20-17/h2-3,6-7,14H,4-5,8-10H2,1H3,(H,19,23)(H,21,22). The first kappa shape index (κ1) is 16.2. The fourth-order valence-electron chi connectivity index (χ4n) is 3.18. The van der Waals surface area contributed by atoms with Crippen LogP contribution in [0.1, 0.15) is 58.2 Å². The highest BCUT2D eigenvalue weighted by Gasteiger charge is 2.27. The van der Waals surface area contributed by atoms with Crippen molar-refractivity contribution >= 4 is 11.9 Å².